The van der Waals surface area contributed by atoms with Crippen LogP contribution in [0.15, 0.2) is 76.3 Å². The first-order valence-corrected chi connectivity index (χ1v) is 17.3. The average Bonchev–Trinajstić information content (AvgIpc) is 3.73. The molecule has 0 aliphatic carbocycles. The van der Waals surface area contributed by atoms with Gasteiger partial charge < -0.3 is 14.6 Å². The lowest BCUT2D eigenvalue weighted by Crippen LogP contribution is -2.31. The van der Waals surface area contributed by atoms with Crippen molar-refractivity contribution in [3.8, 4) is 11.5 Å². The third kappa shape index (κ3) is 6.12. The van der Waals surface area contributed by atoms with Crippen molar-refractivity contribution < 1.29 is 24.2 Å². The molecule has 0 saturated heterocycles. The van der Waals surface area contributed by atoms with Crippen LogP contribution in [0, 0.1) is 19.8 Å². The molecule has 9 nitrogen and oxygen atoms in total. The van der Waals surface area contributed by atoms with Gasteiger partial charge in [0.1, 0.15) is 0 Å². The van der Waals surface area contributed by atoms with Gasteiger partial charge in [-0.2, -0.15) is 0 Å². The molecule has 1 amide bonds. The van der Waals surface area contributed by atoms with Crippen LogP contribution in [-0.2, 0) is 10.5 Å². The van der Waals surface area contributed by atoms with Crippen LogP contribution in [0.5, 0.6) is 11.5 Å². The minimum absolute atomic E-state index is 0.0465. The number of nitrogens with zero attached hydrogens (tertiary/aromatic N) is 4. The number of aromatic nitrogens is 3. The van der Waals surface area contributed by atoms with E-state index in [1.165, 1.54) is 46.4 Å². The highest BCUT2D eigenvalue weighted by Gasteiger charge is 2.47. The van der Waals surface area contributed by atoms with Crippen LogP contribution < -0.4 is 14.4 Å². The molecule has 236 valence electrons. The number of aliphatic hydroxyl groups excluding tert-OH is 1. The fourth-order valence-electron chi connectivity index (χ4n) is 5.36. The highest BCUT2D eigenvalue weighted by atomic mass is 32.2. The maximum Gasteiger partial charge on any atom is 0.296 e. The van der Waals surface area contributed by atoms with Crippen molar-refractivity contribution in [2.24, 2.45) is 5.92 Å². The summed E-state index contributed by atoms with van der Waals surface area (Å²) in [6.45, 7) is 8.14. The first kappa shape index (κ1) is 31.7. The van der Waals surface area contributed by atoms with Gasteiger partial charge in [0.2, 0.25) is 10.9 Å². The Balaban J connectivity index is 1.37. The molecule has 1 atom stereocenters. The van der Waals surface area contributed by atoms with Crippen molar-refractivity contribution in [3.05, 3.63) is 98.7 Å². The largest absolute Gasteiger partial charge is 0.503 e. The van der Waals surface area contributed by atoms with Crippen molar-refractivity contribution in [1.29, 1.82) is 0 Å². The summed E-state index contributed by atoms with van der Waals surface area (Å²) in [6, 6.07) is 18.7. The van der Waals surface area contributed by atoms with Gasteiger partial charge in [0.05, 0.1) is 40.9 Å². The fraction of sp³-hybridized carbons (Fsp3) is 0.265. The maximum atomic E-state index is 14.0. The van der Waals surface area contributed by atoms with Crippen LogP contribution in [-0.4, -0.2) is 45.7 Å². The summed E-state index contributed by atoms with van der Waals surface area (Å²) in [7, 11) is 1.53. The number of rotatable bonds is 11. The van der Waals surface area contributed by atoms with Gasteiger partial charge in [0.15, 0.2) is 21.6 Å². The summed E-state index contributed by atoms with van der Waals surface area (Å²) < 4.78 is 12.3. The number of methoxy groups -OCH3 is 1. The first-order valence-electron chi connectivity index (χ1n) is 14.6. The van der Waals surface area contributed by atoms with E-state index in [2.05, 4.69) is 39.4 Å². The standard InChI is InChI=1S/C34H32N4O5S3/c1-18(2)16-43-25-14-13-22(15-26(25)42-5)28-27(29(39)31-19(3)35-20(4)45-31)30(40)32(41)38(28)33-36-37-34(46-33)44-17-23-11-8-10-21-9-6-7-12-24(21)23/h6-15,18,28,40H,16-17H2,1-5H3. The summed E-state index contributed by atoms with van der Waals surface area (Å²) >= 11 is 3.97. The number of thiazole rings is 1. The number of hydrogen-bond donors (Lipinski definition) is 1. The molecule has 1 aliphatic rings. The molecule has 0 saturated carbocycles. The lowest BCUT2D eigenvalue weighted by atomic mass is 9.95. The van der Waals surface area contributed by atoms with E-state index in [0.717, 1.165) is 16.3 Å². The normalized spacial score (nSPS) is 15.0. The second-order valence-corrected chi connectivity index (χ2v) is 14.6. The Morgan fingerprint density at radius 1 is 1.04 bits per heavy atom. The summed E-state index contributed by atoms with van der Waals surface area (Å²) in [5.74, 6) is 0.113. The molecule has 0 spiro atoms. The SMILES string of the molecule is COc1cc(C2C(C(=O)c3sc(C)nc3C)=C(O)C(=O)N2c2nnc(SCc3cccc4ccccc34)s2)ccc1OCC(C)C. The van der Waals surface area contributed by atoms with E-state index in [9.17, 15) is 14.7 Å². The lowest BCUT2D eigenvalue weighted by Gasteiger charge is -2.25. The fourth-order valence-corrected chi connectivity index (χ4v) is 8.11. The Kier molecular flexibility index (Phi) is 9.12. The quantitative estimate of drug-likeness (QED) is 0.0850. The third-order valence-electron chi connectivity index (χ3n) is 7.47. The number of amides is 1. The summed E-state index contributed by atoms with van der Waals surface area (Å²) in [5, 5.41) is 23.3. The topological polar surface area (TPSA) is 115 Å². The summed E-state index contributed by atoms with van der Waals surface area (Å²) in [4.78, 5) is 33.9. The molecule has 1 N–H and O–H groups in total. The first-order chi connectivity index (χ1) is 22.2. The third-order valence-corrected chi connectivity index (χ3v) is 10.6. The number of ether oxygens (including phenoxy) is 2. The Labute approximate surface area is 278 Å². The number of ketones is 1. The predicted molar refractivity (Wildman–Crippen MR) is 183 cm³/mol. The average molecular weight is 673 g/mol. The van der Waals surface area contributed by atoms with Gasteiger partial charge in [-0.3, -0.25) is 14.5 Å². The molecule has 0 fully saturated rings. The van der Waals surface area contributed by atoms with Crippen LogP contribution >= 0.6 is 34.4 Å². The predicted octanol–water partition coefficient (Wildman–Crippen LogP) is 7.88. The number of Topliss-reactive ketones (excluding diaryl/α,β-unsaturated/α-hetero) is 1. The van der Waals surface area contributed by atoms with Gasteiger partial charge >= 0.3 is 0 Å². The Morgan fingerprint density at radius 2 is 1.83 bits per heavy atom. The molecular formula is C34H32N4O5S3. The van der Waals surface area contributed by atoms with Crippen LogP contribution in [0.2, 0.25) is 0 Å². The monoisotopic (exact) mass is 672 g/mol. The molecule has 0 bridgehead atoms. The van der Waals surface area contributed by atoms with Gasteiger partial charge in [-0.15, -0.1) is 21.5 Å². The number of benzene rings is 3. The molecule has 1 aliphatic heterocycles. The van der Waals surface area contributed by atoms with Crippen LogP contribution in [0.3, 0.4) is 0 Å². The van der Waals surface area contributed by atoms with E-state index in [1.54, 1.807) is 25.1 Å². The van der Waals surface area contributed by atoms with E-state index < -0.39 is 23.5 Å². The number of thioether (sulfide) groups is 1. The number of hydrogen-bond acceptors (Lipinski definition) is 11. The molecule has 12 heteroatoms. The Bertz CT molecular complexity index is 1980. The van der Waals surface area contributed by atoms with Crippen LogP contribution in [0.4, 0.5) is 5.13 Å². The second kappa shape index (κ2) is 13.2. The zero-order valence-electron chi connectivity index (χ0n) is 25.9. The molecule has 0 radical (unpaired) electrons. The van der Waals surface area contributed by atoms with E-state index in [4.69, 9.17) is 9.47 Å². The minimum atomic E-state index is -0.987. The lowest BCUT2D eigenvalue weighted by molar-refractivity contribution is -0.117. The highest BCUT2D eigenvalue weighted by molar-refractivity contribution is 8.00. The van der Waals surface area contributed by atoms with Gasteiger partial charge in [0.25, 0.3) is 5.91 Å². The molecule has 6 rings (SSSR count). The van der Waals surface area contributed by atoms with Crippen molar-refractivity contribution in [3.63, 3.8) is 0 Å². The molecular weight excluding hydrogens is 641 g/mol. The van der Waals surface area contributed by atoms with Gasteiger partial charge in [0, 0.05) is 5.75 Å². The molecule has 5 aromatic rings. The minimum Gasteiger partial charge on any atom is -0.503 e. The van der Waals surface area contributed by atoms with E-state index >= 15 is 0 Å². The highest BCUT2D eigenvalue weighted by Crippen LogP contribution is 2.46. The van der Waals surface area contributed by atoms with Gasteiger partial charge in [-0.1, -0.05) is 85.5 Å². The zero-order chi connectivity index (χ0) is 32.5. The number of carbonyl (C=O) groups is 2. The molecule has 3 heterocycles. The van der Waals surface area contributed by atoms with E-state index in [0.29, 0.717) is 55.3 Å². The van der Waals surface area contributed by atoms with Crippen molar-refractivity contribution in [2.45, 2.75) is 43.8 Å². The smallest absolute Gasteiger partial charge is 0.296 e. The van der Waals surface area contributed by atoms with Crippen LogP contribution in [0.1, 0.15) is 51.4 Å². The molecule has 1 unspecified atom stereocenters. The van der Waals surface area contributed by atoms with Gasteiger partial charge in [-0.05, 0) is 53.8 Å². The molecule has 3 aromatic carbocycles. The zero-order valence-corrected chi connectivity index (χ0v) is 28.4. The molecule has 46 heavy (non-hydrogen) atoms. The Hall–Kier alpha value is -4.26. The van der Waals surface area contributed by atoms with Crippen molar-refractivity contribution in [2.75, 3.05) is 18.6 Å². The van der Waals surface area contributed by atoms with Crippen molar-refractivity contribution in [1.82, 2.24) is 15.2 Å². The van der Waals surface area contributed by atoms with E-state index in [1.807, 2.05) is 39.0 Å². The number of anilines is 1. The number of aliphatic hydroxyl groups is 1. The number of carbonyl (C=O) groups excluding carboxylic acids is 2. The Morgan fingerprint density at radius 3 is 2.57 bits per heavy atom. The number of fused-ring (bicyclic) bond motifs is 1. The summed E-state index contributed by atoms with van der Waals surface area (Å²) in [5.41, 5.74) is 2.20. The second-order valence-electron chi connectivity index (χ2n) is 11.2. The van der Waals surface area contributed by atoms with Crippen molar-refractivity contribution >= 4 is 62.0 Å². The summed E-state index contributed by atoms with van der Waals surface area (Å²) in [6.07, 6.45) is 0. The number of aryl methyl sites for hydroxylation is 2. The van der Waals surface area contributed by atoms with Crippen LogP contribution in [0.25, 0.3) is 10.8 Å². The van der Waals surface area contributed by atoms with Gasteiger partial charge in [-0.25, -0.2) is 4.98 Å². The molecule has 2 aromatic heterocycles. The maximum absolute atomic E-state index is 14.0. The van der Waals surface area contributed by atoms with E-state index in [-0.39, 0.29) is 10.7 Å².